The van der Waals surface area contributed by atoms with Crippen LogP contribution in [0.15, 0.2) is 0 Å². The van der Waals surface area contributed by atoms with Gasteiger partial charge >= 0.3 is 0 Å². The van der Waals surface area contributed by atoms with Gasteiger partial charge in [0.05, 0.1) is 5.69 Å². The molecule has 5 nitrogen and oxygen atoms in total. The molecular weight excluding hydrogens is 276 g/mol. The number of hydrogen-bond donors (Lipinski definition) is 0. The molecule has 0 bridgehead atoms. The second kappa shape index (κ2) is 6.41. The first-order valence-corrected chi connectivity index (χ1v) is 8.64. The maximum absolute atomic E-state index is 12.0. The Bertz CT molecular complexity index is 551. The molecule has 3 heterocycles. The van der Waals surface area contributed by atoms with Gasteiger partial charge in [0.15, 0.2) is 0 Å². The van der Waals surface area contributed by atoms with E-state index in [2.05, 4.69) is 40.4 Å². The largest absolute Gasteiger partial charge is 0.338 e. The summed E-state index contributed by atoms with van der Waals surface area (Å²) in [6, 6.07) is 0.422. The van der Waals surface area contributed by atoms with Crippen LogP contribution in [-0.2, 0) is 17.9 Å². The molecular formula is C17H28N4O. The highest BCUT2D eigenvalue weighted by Crippen LogP contribution is 2.24. The summed E-state index contributed by atoms with van der Waals surface area (Å²) in [6.45, 7) is 11.4. The van der Waals surface area contributed by atoms with Gasteiger partial charge in [-0.2, -0.15) is 5.10 Å². The van der Waals surface area contributed by atoms with Crippen LogP contribution in [0.4, 0.5) is 0 Å². The first-order chi connectivity index (χ1) is 10.6. The van der Waals surface area contributed by atoms with Crippen LogP contribution in [0.5, 0.6) is 0 Å². The summed E-state index contributed by atoms with van der Waals surface area (Å²) in [7, 11) is 0. The van der Waals surface area contributed by atoms with Crippen molar-refractivity contribution >= 4 is 5.91 Å². The number of nitrogens with zero attached hydrogens (tertiary/aromatic N) is 4. The molecule has 0 spiro atoms. The minimum Gasteiger partial charge on any atom is -0.338 e. The SMILES string of the molecule is CCn1nc(C)c(CN2CCC[C@H](N3CCCC3=O)C2)c1C. The van der Waals surface area contributed by atoms with Crippen molar-refractivity contribution < 1.29 is 4.79 Å². The van der Waals surface area contributed by atoms with Crippen molar-refractivity contribution in [2.75, 3.05) is 19.6 Å². The summed E-state index contributed by atoms with van der Waals surface area (Å²) in [5.41, 5.74) is 3.81. The van der Waals surface area contributed by atoms with Crippen molar-refractivity contribution in [1.82, 2.24) is 19.6 Å². The highest BCUT2D eigenvalue weighted by molar-refractivity contribution is 5.78. The van der Waals surface area contributed by atoms with E-state index in [4.69, 9.17) is 0 Å². The maximum Gasteiger partial charge on any atom is 0.222 e. The smallest absolute Gasteiger partial charge is 0.222 e. The molecule has 2 aliphatic rings. The number of likely N-dealkylation sites (tertiary alicyclic amines) is 2. The van der Waals surface area contributed by atoms with Gasteiger partial charge in [-0.05, 0) is 46.6 Å². The minimum atomic E-state index is 0.359. The molecule has 2 aliphatic heterocycles. The summed E-state index contributed by atoms with van der Waals surface area (Å²) in [4.78, 5) is 16.6. The van der Waals surface area contributed by atoms with Crippen LogP contribution in [0.2, 0.25) is 0 Å². The lowest BCUT2D eigenvalue weighted by Crippen LogP contribution is -2.48. The first-order valence-electron chi connectivity index (χ1n) is 8.64. The molecule has 5 heteroatoms. The average Bonchev–Trinajstić information content (AvgIpc) is 3.06. The number of rotatable bonds is 4. The fourth-order valence-corrected chi connectivity index (χ4v) is 3.98. The number of carbonyl (C=O) groups is 1. The van der Waals surface area contributed by atoms with Gasteiger partial charge in [0.25, 0.3) is 0 Å². The van der Waals surface area contributed by atoms with E-state index in [1.54, 1.807) is 0 Å². The van der Waals surface area contributed by atoms with Crippen molar-refractivity contribution in [1.29, 1.82) is 0 Å². The van der Waals surface area contributed by atoms with Gasteiger partial charge in [0.1, 0.15) is 0 Å². The summed E-state index contributed by atoms with van der Waals surface area (Å²) in [5.74, 6) is 0.359. The molecule has 0 aromatic carbocycles. The monoisotopic (exact) mass is 304 g/mol. The van der Waals surface area contributed by atoms with Crippen molar-refractivity contribution in [2.45, 2.75) is 65.6 Å². The van der Waals surface area contributed by atoms with Crippen LogP contribution in [0.3, 0.4) is 0 Å². The average molecular weight is 304 g/mol. The van der Waals surface area contributed by atoms with Gasteiger partial charge in [0.2, 0.25) is 5.91 Å². The van der Waals surface area contributed by atoms with Crippen LogP contribution < -0.4 is 0 Å². The van der Waals surface area contributed by atoms with E-state index in [9.17, 15) is 4.79 Å². The van der Waals surface area contributed by atoms with Crippen LogP contribution in [0, 0.1) is 13.8 Å². The van der Waals surface area contributed by atoms with Gasteiger partial charge < -0.3 is 4.90 Å². The normalized spacial score (nSPS) is 23.5. The van der Waals surface area contributed by atoms with E-state index in [-0.39, 0.29) is 0 Å². The lowest BCUT2D eigenvalue weighted by Gasteiger charge is -2.37. The number of hydrogen-bond acceptors (Lipinski definition) is 3. The molecule has 0 aliphatic carbocycles. The van der Waals surface area contributed by atoms with Gasteiger partial charge in [0, 0.05) is 49.9 Å². The zero-order valence-corrected chi connectivity index (χ0v) is 14.1. The Morgan fingerprint density at radius 1 is 1.23 bits per heavy atom. The zero-order valence-electron chi connectivity index (χ0n) is 14.1. The van der Waals surface area contributed by atoms with Crippen LogP contribution >= 0.6 is 0 Å². The fraction of sp³-hybridized carbons (Fsp3) is 0.765. The highest BCUT2D eigenvalue weighted by atomic mass is 16.2. The molecule has 1 atom stereocenters. The molecule has 0 saturated carbocycles. The van der Waals surface area contributed by atoms with Crippen molar-refractivity contribution in [3.05, 3.63) is 17.0 Å². The third-order valence-corrected chi connectivity index (χ3v) is 5.24. The van der Waals surface area contributed by atoms with E-state index in [1.165, 1.54) is 17.7 Å². The summed E-state index contributed by atoms with van der Waals surface area (Å²) in [6.07, 6.45) is 4.14. The van der Waals surface area contributed by atoms with Crippen LogP contribution in [-0.4, -0.2) is 51.2 Å². The predicted octanol–water partition coefficient (Wildman–Crippen LogP) is 2.11. The topological polar surface area (TPSA) is 41.4 Å². The fourth-order valence-electron chi connectivity index (χ4n) is 3.98. The van der Waals surface area contributed by atoms with E-state index < -0.39 is 0 Å². The molecule has 2 fully saturated rings. The molecule has 122 valence electrons. The number of piperidine rings is 1. The van der Waals surface area contributed by atoms with E-state index >= 15 is 0 Å². The molecule has 0 unspecified atom stereocenters. The van der Waals surface area contributed by atoms with Crippen molar-refractivity contribution in [3.63, 3.8) is 0 Å². The molecule has 3 rings (SSSR count). The molecule has 1 aromatic heterocycles. The van der Waals surface area contributed by atoms with Gasteiger partial charge in [-0.3, -0.25) is 14.4 Å². The zero-order chi connectivity index (χ0) is 15.7. The quantitative estimate of drug-likeness (QED) is 0.855. The van der Waals surface area contributed by atoms with Gasteiger partial charge in [-0.1, -0.05) is 0 Å². The Morgan fingerprint density at radius 3 is 2.68 bits per heavy atom. The van der Waals surface area contributed by atoms with Crippen LogP contribution in [0.25, 0.3) is 0 Å². The van der Waals surface area contributed by atoms with E-state index in [0.29, 0.717) is 11.9 Å². The molecule has 22 heavy (non-hydrogen) atoms. The number of aryl methyl sites for hydroxylation is 2. The number of amides is 1. The van der Waals surface area contributed by atoms with Crippen LogP contribution in [0.1, 0.15) is 49.6 Å². The Kier molecular flexibility index (Phi) is 4.52. The Morgan fingerprint density at radius 2 is 2.05 bits per heavy atom. The first kappa shape index (κ1) is 15.5. The maximum atomic E-state index is 12.0. The van der Waals surface area contributed by atoms with Gasteiger partial charge in [-0.15, -0.1) is 0 Å². The molecule has 0 N–H and O–H groups in total. The minimum absolute atomic E-state index is 0.359. The van der Waals surface area contributed by atoms with Gasteiger partial charge in [-0.25, -0.2) is 0 Å². The second-order valence-corrected chi connectivity index (χ2v) is 6.69. The Balaban J connectivity index is 1.68. The second-order valence-electron chi connectivity index (χ2n) is 6.69. The standard InChI is InChI=1S/C17H28N4O/c1-4-21-14(3)16(13(2)18-21)12-19-9-5-7-15(11-19)20-10-6-8-17(20)22/h15H,4-12H2,1-3H3/t15-/m0/s1. The predicted molar refractivity (Wildman–Crippen MR) is 86.6 cm³/mol. The molecule has 1 amide bonds. The Hall–Kier alpha value is -1.36. The summed E-state index contributed by atoms with van der Waals surface area (Å²) < 4.78 is 2.09. The summed E-state index contributed by atoms with van der Waals surface area (Å²) >= 11 is 0. The molecule has 1 aromatic rings. The highest BCUT2D eigenvalue weighted by Gasteiger charge is 2.31. The molecule has 2 saturated heterocycles. The third kappa shape index (κ3) is 2.91. The molecule has 0 radical (unpaired) electrons. The third-order valence-electron chi connectivity index (χ3n) is 5.24. The number of aromatic nitrogens is 2. The van der Waals surface area contributed by atoms with E-state index in [0.717, 1.165) is 57.7 Å². The van der Waals surface area contributed by atoms with Crippen molar-refractivity contribution in [2.24, 2.45) is 0 Å². The van der Waals surface area contributed by atoms with E-state index in [1.807, 2.05) is 0 Å². The Labute approximate surface area is 133 Å². The lowest BCUT2D eigenvalue weighted by atomic mass is 10.0. The summed E-state index contributed by atoms with van der Waals surface area (Å²) in [5, 5.41) is 4.63. The van der Waals surface area contributed by atoms with Crippen molar-refractivity contribution in [3.8, 4) is 0 Å². The number of carbonyl (C=O) groups excluding carboxylic acids is 1. The lowest BCUT2D eigenvalue weighted by molar-refractivity contribution is -0.130.